The van der Waals surface area contributed by atoms with Crippen LogP contribution in [0.2, 0.25) is 0 Å². The maximum atomic E-state index is 12.6. The Morgan fingerprint density at radius 2 is 1.76 bits per heavy atom. The summed E-state index contributed by atoms with van der Waals surface area (Å²) in [6.45, 7) is -0.266. The predicted octanol–water partition coefficient (Wildman–Crippen LogP) is 1.55. The summed E-state index contributed by atoms with van der Waals surface area (Å²) in [4.78, 5) is 30.5. The lowest BCUT2D eigenvalue weighted by molar-refractivity contribution is -0.173. The van der Waals surface area contributed by atoms with Gasteiger partial charge in [-0.3, -0.25) is 19.5 Å². The number of nitrogens with zero attached hydrogens (tertiary/aromatic N) is 2. The van der Waals surface area contributed by atoms with Crippen LogP contribution in [0.5, 0.6) is 0 Å². The number of guanidine groups is 1. The topological polar surface area (TPSA) is 83.0 Å². The van der Waals surface area contributed by atoms with Gasteiger partial charge in [0, 0.05) is 33.3 Å². The van der Waals surface area contributed by atoms with Crippen LogP contribution in [-0.4, -0.2) is 68.7 Å². The fourth-order valence-electron chi connectivity index (χ4n) is 4.26. The number of rotatable bonds is 8. The van der Waals surface area contributed by atoms with Gasteiger partial charge in [0.1, 0.15) is 6.61 Å². The van der Waals surface area contributed by atoms with E-state index >= 15 is 0 Å². The molecule has 3 aliphatic rings. The molecule has 0 spiro atoms. The van der Waals surface area contributed by atoms with E-state index in [1.165, 1.54) is 4.90 Å². The minimum absolute atomic E-state index is 0. The van der Waals surface area contributed by atoms with Gasteiger partial charge in [0.05, 0.1) is 11.8 Å². The molecule has 1 saturated carbocycles. The molecule has 164 valence electrons. The largest absolute Gasteiger partial charge is 0.411 e. The zero-order valence-electron chi connectivity index (χ0n) is 16.1. The first-order chi connectivity index (χ1) is 13.3. The van der Waals surface area contributed by atoms with Crippen molar-refractivity contribution in [2.45, 2.75) is 19.0 Å². The molecule has 3 rings (SSSR count). The number of amides is 2. The van der Waals surface area contributed by atoms with Crippen molar-refractivity contribution in [3.63, 3.8) is 0 Å². The first-order valence-electron chi connectivity index (χ1n) is 9.44. The molecular formula is C18H26F3IN4O3. The Balaban J connectivity index is 0.00000300. The highest BCUT2D eigenvalue weighted by Crippen LogP contribution is 2.52. The number of halogens is 4. The number of carbonyl (C=O) groups is 2. The molecule has 0 aromatic heterocycles. The van der Waals surface area contributed by atoms with E-state index in [4.69, 9.17) is 0 Å². The van der Waals surface area contributed by atoms with Crippen LogP contribution in [0, 0.1) is 23.7 Å². The highest BCUT2D eigenvalue weighted by Gasteiger charge is 2.58. The Kier molecular flexibility index (Phi) is 8.32. The summed E-state index contributed by atoms with van der Waals surface area (Å²) in [5.74, 6) is 0.277. The average molecular weight is 530 g/mol. The molecule has 1 saturated heterocycles. The van der Waals surface area contributed by atoms with Gasteiger partial charge in [-0.05, 0) is 24.7 Å². The minimum atomic E-state index is -4.32. The van der Waals surface area contributed by atoms with Gasteiger partial charge in [0.15, 0.2) is 5.96 Å². The molecule has 4 atom stereocenters. The maximum Gasteiger partial charge on any atom is 0.411 e. The van der Waals surface area contributed by atoms with Crippen LogP contribution < -0.4 is 10.6 Å². The third-order valence-electron chi connectivity index (χ3n) is 5.44. The Hall–Kier alpha value is -1.37. The van der Waals surface area contributed by atoms with Crippen molar-refractivity contribution in [3.05, 3.63) is 12.2 Å². The van der Waals surface area contributed by atoms with E-state index in [9.17, 15) is 22.8 Å². The molecule has 2 fully saturated rings. The normalized spacial score (nSPS) is 28.0. The average Bonchev–Trinajstić information content (AvgIpc) is 3.31. The van der Waals surface area contributed by atoms with Gasteiger partial charge < -0.3 is 15.4 Å². The summed E-state index contributed by atoms with van der Waals surface area (Å²) >= 11 is 0. The van der Waals surface area contributed by atoms with Gasteiger partial charge in [-0.1, -0.05) is 12.2 Å². The first kappa shape index (κ1) is 23.9. The monoisotopic (exact) mass is 530 g/mol. The van der Waals surface area contributed by atoms with E-state index < -0.39 is 12.8 Å². The predicted molar refractivity (Wildman–Crippen MR) is 111 cm³/mol. The Bertz CT molecular complexity index is 641. The highest BCUT2D eigenvalue weighted by atomic mass is 127. The Morgan fingerprint density at radius 1 is 1.17 bits per heavy atom. The SMILES string of the molecule is CN=C(NCCCOCC(F)(F)F)NCCN1C(=O)C2C3C=CC(C3)C2C1=O.I. The summed E-state index contributed by atoms with van der Waals surface area (Å²) in [7, 11) is 1.56. The molecule has 4 unspecified atom stereocenters. The van der Waals surface area contributed by atoms with Crippen molar-refractivity contribution in [2.24, 2.45) is 28.7 Å². The van der Waals surface area contributed by atoms with Crippen molar-refractivity contribution < 1.29 is 27.5 Å². The third kappa shape index (κ3) is 5.62. The highest BCUT2D eigenvalue weighted by molar-refractivity contribution is 14.0. The quantitative estimate of drug-likeness (QED) is 0.124. The molecule has 1 heterocycles. The molecule has 0 radical (unpaired) electrons. The van der Waals surface area contributed by atoms with Crippen molar-refractivity contribution in [2.75, 3.05) is 39.9 Å². The molecule has 0 aromatic carbocycles. The van der Waals surface area contributed by atoms with E-state index in [1.807, 2.05) is 0 Å². The molecule has 2 aliphatic carbocycles. The number of fused-ring (bicyclic) bond motifs is 5. The maximum absolute atomic E-state index is 12.6. The zero-order valence-corrected chi connectivity index (χ0v) is 18.4. The zero-order chi connectivity index (χ0) is 20.3. The number of alkyl halides is 3. The molecule has 11 heteroatoms. The van der Waals surface area contributed by atoms with Crippen LogP contribution in [0.4, 0.5) is 13.2 Å². The number of hydrogen-bond acceptors (Lipinski definition) is 4. The summed E-state index contributed by atoms with van der Waals surface area (Å²) in [5.41, 5.74) is 0. The number of aliphatic imine (C=N–C) groups is 1. The number of allylic oxidation sites excluding steroid dienone is 2. The smallest absolute Gasteiger partial charge is 0.372 e. The summed E-state index contributed by atoms with van der Waals surface area (Å²) in [5, 5.41) is 5.97. The number of nitrogens with one attached hydrogen (secondary N) is 2. The second-order valence-electron chi connectivity index (χ2n) is 7.28. The van der Waals surface area contributed by atoms with Gasteiger partial charge in [0.2, 0.25) is 11.8 Å². The molecule has 2 amide bonds. The molecule has 0 aromatic rings. The van der Waals surface area contributed by atoms with Gasteiger partial charge in [-0.15, -0.1) is 24.0 Å². The van der Waals surface area contributed by atoms with E-state index in [0.29, 0.717) is 25.5 Å². The van der Waals surface area contributed by atoms with Gasteiger partial charge >= 0.3 is 6.18 Å². The van der Waals surface area contributed by atoms with Gasteiger partial charge in [-0.25, -0.2) is 0 Å². The number of imide groups is 1. The standard InChI is InChI=1S/C18H25F3N4O3.HI/c1-22-17(23-5-2-8-28-10-18(19,20)21)24-6-7-25-15(26)13-11-3-4-12(9-11)14(13)16(25)27;/h3-4,11-14H,2,5-10H2,1H3,(H2,22,23,24);1H. The van der Waals surface area contributed by atoms with Crippen molar-refractivity contribution in [1.82, 2.24) is 15.5 Å². The van der Waals surface area contributed by atoms with E-state index in [-0.39, 0.29) is 72.6 Å². The summed E-state index contributed by atoms with van der Waals surface area (Å²) in [6.07, 6.45) is 1.09. The van der Waals surface area contributed by atoms with Crippen LogP contribution in [0.1, 0.15) is 12.8 Å². The molecule has 2 bridgehead atoms. The molecule has 1 aliphatic heterocycles. The fourth-order valence-corrected chi connectivity index (χ4v) is 4.26. The molecule has 2 N–H and O–H groups in total. The van der Waals surface area contributed by atoms with Crippen LogP contribution in [0.25, 0.3) is 0 Å². The number of carbonyl (C=O) groups excluding carboxylic acids is 2. The lowest BCUT2D eigenvalue weighted by atomic mass is 9.85. The molecule has 29 heavy (non-hydrogen) atoms. The number of hydrogen-bond donors (Lipinski definition) is 2. The van der Waals surface area contributed by atoms with Crippen molar-refractivity contribution >= 4 is 41.8 Å². The first-order valence-corrected chi connectivity index (χ1v) is 9.44. The molecule has 7 nitrogen and oxygen atoms in total. The lowest BCUT2D eigenvalue weighted by Gasteiger charge is -2.18. The number of ether oxygens (including phenoxy) is 1. The van der Waals surface area contributed by atoms with E-state index in [1.54, 1.807) is 7.05 Å². The Labute approximate surface area is 184 Å². The van der Waals surface area contributed by atoms with Crippen LogP contribution >= 0.6 is 24.0 Å². The van der Waals surface area contributed by atoms with Crippen LogP contribution in [0.3, 0.4) is 0 Å². The lowest BCUT2D eigenvalue weighted by Crippen LogP contribution is -2.44. The number of likely N-dealkylation sites (tertiary alicyclic amines) is 1. The second-order valence-corrected chi connectivity index (χ2v) is 7.28. The van der Waals surface area contributed by atoms with Crippen molar-refractivity contribution in [3.8, 4) is 0 Å². The van der Waals surface area contributed by atoms with E-state index in [0.717, 1.165) is 6.42 Å². The van der Waals surface area contributed by atoms with Gasteiger partial charge in [-0.2, -0.15) is 13.2 Å². The van der Waals surface area contributed by atoms with Gasteiger partial charge in [0.25, 0.3) is 0 Å². The Morgan fingerprint density at radius 3 is 2.31 bits per heavy atom. The summed E-state index contributed by atoms with van der Waals surface area (Å²) < 4.78 is 40.4. The summed E-state index contributed by atoms with van der Waals surface area (Å²) in [6, 6.07) is 0. The van der Waals surface area contributed by atoms with E-state index in [2.05, 4.69) is 32.5 Å². The second kappa shape index (κ2) is 10.1. The molecular weight excluding hydrogens is 504 g/mol. The van der Waals surface area contributed by atoms with Crippen LogP contribution in [0.15, 0.2) is 17.1 Å². The van der Waals surface area contributed by atoms with Crippen LogP contribution in [-0.2, 0) is 14.3 Å². The minimum Gasteiger partial charge on any atom is -0.372 e. The fraction of sp³-hybridized carbons (Fsp3) is 0.722. The van der Waals surface area contributed by atoms with Crippen molar-refractivity contribution in [1.29, 1.82) is 0 Å². The third-order valence-corrected chi connectivity index (χ3v) is 5.44.